The van der Waals surface area contributed by atoms with Gasteiger partial charge in [0.15, 0.2) is 0 Å². The van der Waals surface area contributed by atoms with Crippen LogP contribution in [0.4, 0.5) is 0 Å². The van der Waals surface area contributed by atoms with Crippen LogP contribution in [0.5, 0.6) is 5.75 Å². The monoisotopic (exact) mass is 397 g/mol. The summed E-state index contributed by atoms with van der Waals surface area (Å²) in [6.45, 7) is 1.88. The van der Waals surface area contributed by atoms with Crippen molar-refractivity contribution >= 4 is 33.2 Å². The number of methoxy groups -OCH3 is 1. The summed E-state index contributed by atoms with van der Waals surface area (Å²) in [4.78, 5) is 0.146. The fourth-order valence-corrected chi connectivity index (χ4v) is 4.16. The van der Waals surface area contributed by atoms with Crippen molar-refractivity contribution in [3.05, 3.63) is 57.6 Å². The zero-order valence-corrected chi connectivity index (χ0v) is 16.0. The van der Waals surface area contributed by atoms with Crippen molar-refractivity contribution < 1.29 is 13.2 Å². The molecule has 0 bridgehead atoms. The molecule has 0 aliphatic heterocycles. The maximum Gasteiger partial charge on any atom is 0.241 e. The van der Waals surface area contributed by atoms with Gasteiger partial charge >= 0.3 is 0 Å². The third-order valence-electron chi connectivity index (χ3n) is 3.57. The number of benzene rings is 2. The Morgan fingerprint density at radius 3 is 2.44 bits per heavy atom. The molecule has 1 atom stereocenters. The minimum Gasteiger partial charge on any atom is -0.495 e. The van der Waals surface area contributed by atoms with Gasteiger partial charge in [-0.25, -0.2) is 13.1 Å². The molecule has 1 unspecified atom stereocenters. The van der Waals surface area contributed by atoms with E-state index in [1.807, 2.05) is 6.92 Å². The predicted molar refractivity (Wildman–Crippen MR) is 101 cm³/mol. The highest BCUT2D eigenvalue weighted by Gasteiger charge is 2.25. The summed E-state index contributed by atoms with van der Waals surface area (Å²) in [6.07, 6.45) is 5.53. The van der Waals surface area contributed by atoms with E-state index in [0.29, 0.717) is 16.3 Å². The summed E-state index contributed by atoms with van der Waals surface area (Å²) >= 11 is 12.2. The van der Waals surface area contributed by atoms with Crippen LogP contribution in [-0.2, 0) is 10.0 Å². The molecular weight excluding hydrogens is 381 g/mol. The lowest BCUT2D eigenvalue weighted by Gasteiger charge is -2.20. The highest BCUT2D eigenvalue weighted by atomic mass is 35.5. The normalized spacial score (nSPS) is 12.4. The zero-order chi connectivity index (χ0) is 18.6. The van der Waals surface area contributed by atoms with Crippen molar-refractivity contribution in [2.45, 2.75) is 24.3 Å². The van der Waals surface area contributed by atoms with Gasteiger partial charge < -0.3 is 4.74 Å². The Hall–Kier alpha value is -1.71. The topological polar surface area (TPSA) is 55.4 Å². The van der Waals surface area contributed by atoms with Crippen LogP contribution in [0.1, 0.15) is 23.6 Å². The minimum absolute atomic E-state index is 0.109. The first-order valence-electron chi connectivity index (χ1n) is 7.34. The van der Waals surface area contributed by atoms with E-state index in [0.717, 1.165) is 5.56 Å². The van der Waals surface area contributed by atoms with Crippen LogP contribution in [0.3, 0.4) is 0 Å². The molecule has 0 fully saturated rings. The molecule has 0 amide bonds. The second kappa shape index (κ2) is 8.11. The molecule has 0 aliphatic carbocycles. The molecule has 0 aromatic heterocycles. The molecule has 0 heterocycles. The molecule has 2 aromatic carbocycles. The number of aryl methyl sites for hydroxylation is 1. The Labute approximate surface area is 158 Å². The standard InChI is InChI=1S/C18H17Cl2NO3S/c1-4-5-17(15-10-13(19)11-16(20)18(15)24-3)21-25(22,23)14-8-6-12(2)7-9-14/h1,6-11,17,21H,5H2,2-3H3. The number of sulfonamides is 1. The lowest BCUT2D eigenvalue weighted by Crippen LogP contribution is -2.29. The molecular formula is C18H17Cl2NO3S. The van der Waals surface area contributed by atoms with E-state index in [1.54, 1.807) is 18.2 Å². The van der Waals surface area contributed by atoms with E-state index >= 15 is 0 Å². The molecule has 1 N–H and O–H groups in total. The second-order valence-corrected chi connectivity index (χ2v) is 7.96. The molecule has 132 valence electrons. The lowest BCUT2D eigenvalue weighted by atomic mass is 10.0. The molecule has 0 saturated heterocycles. The molecule has 25 heavy (non-hydrogen) atoms. The summed E-state index contributed by atoms with van der Waals surface area (Å²) in [5.74, 6) is 2.80. The van der Waals surface area contributed by atoms with Crippen molar-refractivity contribution in [2.75, 3.05) is 7.11 Å². The minimum atomic E-state index is -3.78. The highest BCUT2D eigenvalue weighted by Crippen LogP contribution is 2.37. The quantitative estimate of drug-likeness (QED) is 0.736. The van der Waals surface area contributed by atoms with Gasteiger partial charge in [0, 0.05) is 17.0 Å². The van der Waals surface area contributed by atoms with Crippen LogP contribution in [-0.4, -0.2) is 15.5 Å². The van der Waals surface area contributed by atoms with E-state index in [4.69, 9.17) is 34.4 Å². The van der Waals surface area contributed by atoms with E-state index < -0.39 is 16.1 Å². The van der Waals surface area contributed by atoms with Gasteiger partial charge in [0.05, 0.1) is 23.1 Å². The van der Waals surface area contributed by atoms with Crippen molar-refractivity contribution in [2.24, 2.45) is 0 Å². The molecule has 2 aromatic rings. The molecule has 4 nitrogen and oxygen atoms in total. The SMILES string of the molecule is C#CCC(NS(=O)(=O)c1ccc(C)cc1)c1cc(Cl)cc(Cl)c1OC. The third-order valence-corrected chi connectivity index (χ3v) is 5.55. The van der Waals surface area contributed by atoms with Gasteiger partial charge in [0.1, 0.15) is 5.75 Å². The zero-order valence-electron chi connectivity index (χ0n) is 13.7. The van der Waals surface area contributed by atoms with E-state index in [1.165, 1.54) is 25.3 Å². The van der Waals surface area contributed by atoms with Crippen LogP contribution < -0.4 is 9.46 Å². The van der Waals surface area contributed by atoms with Gasteiger partial charge in [0.2, 0.25) is 10.0 Å². The van der Waals surface area contributed by atoms with Gasteiger partial charge in [0.25, 0.3) is 0 Å². The van der Waals surface area contributed by atoms with Crippen LogP contribution in [0.25, 0.3) is 0 Å². The number of hydrogen-bond donors (Lipinski definition) is 1. The van der Waals surface area contributed by atoms with Crippen LogP contribution in [0.2, 0.25) is 10.0 Å². The third kappa shape index (κ3) is 4.68. The summed E-state index contributed by atoms with van der Waals surface area (Å²) in [5.41, 5.74) is 1.44. The lowest BCUT2D eigenvalue weighted by molar-refractivity contribution is 0.404. The maximum atomic E-state index is 12.7. The Balaban J connectivity index is 2.46. The largest absolute Gasteiger partial charge is 0.495 e. The van der Waals surface area contributed by atoms with Crippen LogP contribution >= 0.6 is 23.2 Å². The smallest absolute Gasteiger partial charge is 0.241 e. The average molecular weight is 398 g/mol. The Morgan fingerprint density at radius 1 is 1.24 bits per heavy atom. The van der Waals surface area contributed by atoms with Gasteiger partial charge in [-0.1, -0.05) is 40.9 Å². The van der Waals surface area contributed by atoms with Crippen molar-refractivity contribution in [3.8, 4) is 18.1 Å². The van der Waals surface area contributed by atoms with Crippen LogP contribution in [0, 0.1) is 19.3 Å². The summed E-state index contributed by atoms with van der Waals surface area (Å²) in [5, 5.41) is 0.638. The van der Waals surface area contributed by atoms with Gasteiger partial charge in [-0.3, -0.25) is 0 Å². The van der Waals surface area contributed by atoms with Gasteiger partial charge in [-0.2, -0.15) is 0 Å². The first kappa shape index (κ1) is 19.6. The number of ether oxygens (including phenoxy) is 1. The van der Waals surface area contributed by atoms with E-state index in [-0.39, 0.29) is 16.3 Å². The summed E-state index contributed by atoms with van der Waals surface area (Å²) < 4.78 is 33.3. The number of halogens is 2. The molecule has 2 rings (SSSR count). The number of rotatable bonds is 6. The van der Waals surface area contributed by atoms with Crippen molar-refractivity contribution in [1.29, 1.82) is 0 Å². The Bertz CT molecular complexity index is 903. The summed E-state index contributed by atoms with van der Waals surface area (Å²) in [6, 6.07) is 8.89. The van der Waals surface area contributed by atoms with Crippen LogP contribution in [0.15, 0.2) is 41.3 Å². The number of terminal acetylenes is 1. The van der Waals surface area contributed by atoms with E-state index in [9.17, 15) is 8.42 Å². The first-order valence-corrected chi connectivity index (χ1v) is 9.57. The molecule has 0 saturated carbocycles. The Kier molecular flexibility index (Phi) is 6.36. The van der Waals surface area contributed by atoms with Crippen molar-refractivity contribution in [3.63, 3.8) is 0 Å². The molecule has 7 heteroatoms. The number of nitrogens with one attached hydrogen (secondary N) is 1. The summed E-state index contributed by atoms with van der Waals surface area (Å²) in [7, 11) is -2.34. The molecule has 0 spiro atoms. The van der Waals surface area contributed by atoms with Gasteiger partial charge in [-0.05, 0) is 31.2 Å². The predicted octanol–water partition coefficient (Wildman–Crippen LogP) is 4.35. The fraction of sp³-hybridized carbons (Fsp3) is 0.222. The first-order chi connectivity index (χ1) is 11.8. The second-order valence-electron chi connectivity index (χ2n) is 5.41. The highest BCUT2D eigenvalue weighted by molar-refractivity contribution is 7.89. The number of hydrogen-bond acceptors (Lipinski definition) is 3. The van der Waals surface area contributed by atoms with Crippen molar-refractivity contribution in [1.82, 2.24) is 4.72 Å². The fourth-order valence-electron chi connectivity index (χ4n) is 2.36. The molecule has 0 radical (unpaired) electrons. The van der Waals surface area contributed by atoms with E-state index in [2.05, 4.69) is 10.6 Å². The molecule has 0 aliphatic rings. The Morgan fingerprint density at radius 2 is 1.88 bits per heavy atom. The average Bonchev–Trinajstić information content (AvgIpc) is 2.54. The maximum absolute atomic E-state index is 12.7. The van der Waals surface area contributed by atoms with Gasteiger partial charge in [-0.15, -0.1) is 12.3 Å².